The van der Waals surface area contributed by atoms with Crippen molar-refractivity contribution in [2.75, 3.05) is 5.32 Å². The summed E-state index contributed by atoms with van der Waals surface area (Å²) in [6, 6.07) is 15.7. The molecule has 0 spiro atoms. The predicted octanol–water partition coefficient (Wildman–Crippen LogP) is 4.00. The molecule has 0 saturated heterocycles. The minimum absolute atomic E-state index is 0.316. The van der Waals surface area contributed by atoms with Crippen molar-refractivity contribution in [3.8, 4) is 11.3 Å². The van der Waals surface area contributed by atoms with Crippen molar-refractivity contribution in [2.24, 2.45) is 0 Å². The molecule has 0 bridgehead atoms. The molecule has 2 aromatic heterocycles. The summed E-state index contributed by atoms with van der Waals surface area (Å²) in [6.45, 7) is 4.31. The summed E-state index contributed by atoms with van der Waals surface area (Å²) in [5.74, 6) is 0.838. The predicted molar refractivity (Wildman–Crippen MR) is 117 cm³/mol. The first-order chi connectivity index (χ1) is 14.5. The highest BCUT2D eigenvalue weighted by atomic mass is 79.9. The lowest BCUT2D eigenvalue weighted by Gasteiger charge is -2.28. The number of rotatable bonds is 3. The molecule has 0 radical (unpaired) electrons. The van der Waals surface area contributed by atoms with Gasteiger partial charge in [-0.05, 0) is 39.6 Å². The fourth-order valence-corrected chi connectivity index (χ4v) is 4.00. The van der Waals surface area contributed by atoms with Crippen molar-refractivity contribution in [1.29, 1.82) is 0 Å². The number of halogens is 1. The average molecular weight is 464 g/mol. The highest BCUT2D eigenvalue weighted by molar-refractivity contribution is 9.10. The Morgan fingerprint density at radius 3 is 2.50 bits per heavy atom. The molecule has 0 aliphatic carbocycles. The number of fused-ring (bicyclic) bond motifs is 2. The molecule has 1 atom stereocenters. The van der Waals surface area contributed by atoms with Gasteiger partial charge in [0, 0.05) is 15.6 Å². The molecule has 8 nitrogen and oxygen atoms in total. The number of hydrogen-bond acceptors (Lipinski definition) is 6. The molecule has 150 valence electrons. The zero-order valence-corrected chi connectivity index (χ0v) is 17.9. The molecule has 0 fully saturated rings. The van der Waals surface area contributed by atoms with E-state index in [1.54, 1.807) is 4.68 Å². The van der Waals surface area contributed by atoms with Gasteiger partial charge in [-0.25, -0.2) is 5.10 Å². The zero-order valence-electron chi connectivity index (χ0n) is 16.3. The highest BCUT2D eigenvalue weighted by Gasteiger charge is 2.34. The Balaban J connectivity index is 1.76. The number of benzene rings is 2. The smallest absolute Gasteiger partial charge is 0.288 e. The van der Waals surface area contributed by atoms with Crippen molar-refractivity contribution in [1.82, 2.24) is 30.4 Å². The number of aromatic nitrogens is 6. The first-order valence-corrected chi connectivity index (χ1v) is 10.4. The van der Waals surface area contributed by atoms with E-state index in [1.165, 1.54) is 5.56 Å². The molecule has 4 aromatic rings. The van der Waals surface area contributed by atoms with E-state index in [0.29, 0.717) is 23.2 Å². The van der Waals surface area contributed by atoms with Gasteiger partial charge in [-0.3, -0.25) is 4.79 Å². The molecule has 2 aromatic carbocycles. The summed E-state index contributed by atoms with van der Waals surface area (Å²) in [6.07, 6.45) is 0. The maximum Gasteiger partial charge on any atom is 0.288 e. The Morgan fingerprint density at radius 1 is 1.07 bits per heavy atom. The van der Waals surface area contributed by atoms with E-state index in [1.807, 2.05) is 24.3 Å². The summed E-state index contributed by atoms with van der Waals surface area (Å²) < 4.78 is 2.65. The third-order valence-electron chi connectivity index (χ3n) is 5.30. The molecule has 0 saturated carbocycles. The van der Waals surface area contributed by atoms with Crippen molar-refractivity contribution < 1.29 is 0 Å². The van der Waals surface area contributed by atoms with Crippen molar-refractivity contribution in [3.63, 3.8) is 0 Å². The Morgan fingerprint density at radius 2 is 1.80 bits per heavy atom. The maximum atomic E-state index is 12.7. The lowest BCUT2D eigenvalue weighted by Crippen LogP contribution is -2.29. The molecule has 0 amide bonds. The third-order valence-corrected chi connectivity index (χ3v) is 5.83. The number of H-pyrrole nitrogens is 1. The fourth-order valence-electron chi connectivity index (χ4n) is 3.74. The second kappa shape index (κ2) is 7.17. The van der Waals surface area contributed by atoms with Gasteiger partial charge < -0.3 is 5.32 Å². The van der Waals surface area contributed by atoms with Crippen LogP contribution in [0.4, 0.5) is 11.6 Å². The summed E-state index contributed by atoms with van der Waals surface area (Å²) in [7, 11) is 0. The Bertz CT molecular complexity index is 1280. The fraction of sp³-hybridized carbons (Fsp3) is 0.190. The molecule has 2 N–H and O–H groups in total. The number of aromatic amines is 1. The normalized spacial score (nSPS) is 14.9. The van der Waals surface area contributed by atoms with Crippen LogP contribution >= 0.6 is 15.9 Å². The summed E-state index contributed by atoms with van der Waals surface area (Å²) >= 11 is 3.47. The Labute approximate surface area is 180 Å². The van der Waals surface area contributed by atoms with E-state index in [4.69, 9.17) is 0 Å². The lowest BCUT2D eigenvalue weighted by molar-refractivity contribution is 0.567. The number of anilines is 2. The van der Waals surface area contributed by atoms with Gasteiger partial charge in [-0.2, -0.15) is 9.78 Å². The zero-order chi connectivity index (χ0) is 20.8. The van der Waals surface area contributed by atoms with Crippen molar-refractivity contribution >= 4 is 27.6 Å². The van der Waals surface area contributed by atoms with Gasteiger partial charge in [0.25, 0.3) is 5.56 Å². The first kappa shape index (κ1) is 18.7. The van der Waals surface area contributed by atoms with Crippen LogP contribution in [0.5, 0.6) is 0 Å². The van der Waals surface area contributed by atoms with Crippen molar-refractivity contribution in [3.05, 3.63) is 80.0 Å². The van der Waals surface area contributed by atoms with Gasteiger partial charge in [0.05, 0.1) is 5.69 Å². The van der Waals surface area contributed by atoms with Crippen LogP contribution in [0.2, 0.25) is 0 Å². The molecule has 9 heteroatoms. The Hall–Kier alpha value is -3.33. The van der Waals surface area contributed by atoms with Gasteiger partial charge in [0.1, 0.15) is 11.7 Å². The van der Waals surface area contributed by atoms with Crippen LogP contribution < -0.4 is 10.9 Å². The van der Waals surface area contributed by atoms with E-state index in [-0.39, 0.29) is 11.6 Å². The molecular weight excluding hydrogens is 446 g/mol. The minimum Gasteiger partial charge on any atom is -0.318 e. The van der Waals surface area contributed by atoms with Crippen LogP contribution in [0.25, 0.3) is 11.3 Å². The third kappa shape index (κ3) is 3.02. The molecule has 3 heterocycles. The average Bonchev–Trinajstić information content (AvgIpc) is 3.22. The van der Waals surface area contributed by atoms with Gasteiger partial charge in [0.15, 0.2) is 0 Å². The summed E-state index contributed by atoms with van der Waals surface area (Å²) in [5.41, 5.74) is 4.59. The molecule has 1 aliphatic heterocycles. The van der Waals surface area contributed by atoms with Gasteiger partial charge >= 0.3 is 0 Å². The van der Waals surface area contributed by atoms with Crippen LogP contribution in [-0.4, -0.2) is 30.4 Å². The summed E-state index contributed by atoms with van der Waals surface area (Å²) in [5, 5.41) is 22.1. The largest absolute Gasteiger partial charge is 0.318 e. The van der Waals surface area contributed by atoms with Crippen LogP contribution in [0.3, 0.4) is 0 Å². The van der Waals surface area contributed by atoms with Gasteiger partial charge in [0.2, 0.25) is 5.95 Å². The number of nitrogens with zero attached hydrogens (tertiary/aromatic N) is 5. The van der Waals surface area contributed by atoms with E-state index in [0.717, 1.165) is 21.2 Å². The van der Waals surface area contributed by atoms with E-state index >= 15 is 0 Å². The SMILES string of the molecule is CC(C)c1ccc(C2c3c(-c4ccc(Br)cc4)n[nH]c(=O)c3Nc3nnnn32)cc1. The molecule has 1 aliphatic rings. The number of hydrogen-bond donors (Lipinski definition) is 2. The topological polar surface area (TPSA) is 101 Å². The highest BCUT2D eigenvalue weighted by Crippen LogP contribution is 2.41. The lowest BCUT2D eigenvalue weighted by atomic mass is 9.91. The second-order valence-corrected chi connectivity index (χ2v) is 8.41. The Kier molecular flexibility index (Phi) is 4.47. The number of tetrazole rings is 1. The van der Waals surface area contributed by atoms with Crippen LogP contribution in [0, 0.1) is 0 Å². The molecule has 5 rings (SSSR count). The molecule has 30 heavy (non-hydrogen) atoms. The van der Waals surface area contributed by atoms with Gasteiger partial charge in [-0.1, -0.05) is 71.3 Å². The van der Waals surface area contributed by atoms with E-state index in [9.17, 15) is 4.79 Å². The van der Waals surface area contributed by atoms with E-state index in [2.05, 4.69) is 85.1 Å². The standard InChI is InChI=1S/C21H18BrN7O/c1-11(2)12-3-5-14(6-4-12)19-16-17(13-7-9-15(22)10-8-13)24-25-20(30)18(16)23-21-26-27-28-29(19)21/h3-11,19H,1-2H3,(H,25,30)(H,23,26,28). The maximum absolute atomic E-state index is 12.7. The van der Waals surface area contributed by atoms with E-state index < -0.39 is 0 Å². The van der Waals surface area contributed by atoms with Crippen molar-refractivity contribution in [2.45, 2.75) is 25.8 Å². The first-order valence-electron chi connectivity index (χ1n) is 9.56. The quantitative estimate of drug-likeness (QED) is 0.419. The minimum atomic E-state index is -0.388. The van der Waals surface area contributed by atoms with Crippen LogP contribution in [-0.2, 0) is 0 Å². The monoisotopic (exact) mass is 463 g/mol. The molecular formula is C21H18BrN7O. The second-order valence-electron chi connectivity index (χ2n) is 7.49. The van der Waals surface area contributed by atoms with Crippen LogP contribution in [0.15, 0.2) is 57.8 Å². The number of nitrogens with one attached hydrogen (secondary N) is 2. The van der Waals surface area contributed by atoms with Crippen LogP contribution in [0.1, 0.15) is 42.5 Å². The van der Waals surface area contributed by atoms with Gasteiger partial charge in [-0.15, -0.1) is 0 Å². The summed E-state index contributed by atoms with van der Waals surface area (Å²) in [4.78, 5) is 12.7. The molecule has 1 unspecified atom stereocenters.